The number of halogens is 1. The van der Waals surface area contributed by atoms with E-state index < -0.39 is 6.03 Å². The molecule has 1 fully saturated rings. The van der Waals surface area contributed by atoms with Crippen LogP contribution in [-0.4, -0.2) is 49.1 Å². The Bertz CT molecular complexity index is 263. The van der Waals surface area contributed by atoms with Crippen LogP contribution in [-0.2, 0) is 4.79 Å². The minimum absolute atomic E-state index is 0. The summed E-state index contributed by atoms with van der Waals surface area (Å²) in [7, 11) is 0. The highest BCUT2D eigenvalue weighted by atomic mass is 35.5. The maximum absolute atomic E-state index is 11.4. The van der Waals surface area contributed by atoms with Crippen LogP contribution in [0.4, 0.5) is 4.79 Å². The number of imide groups is 1. The van der Waals surface area contributed by atoms with Gasteiger partial charge >= 0.3 is 6.03 Å². The lowest BCUT2D eigenvalue weighted by atomic mass is 10.1. The minimum atomic E-state index is -0.436. The Morgan fingerprint density at radius 1 is 1.47 bits per heavy atom. The summed E-state index contributed by atoms with van der Waals surface area (Å²) in [5, 5.41) is 4.78. The number of hydrogen-bond donors (Lipinski definition) is 3. The number of carbonyl (C=O) groups excluding carboxylic acids is 2. The topological polar surface area (TPSA) is 87.5 Å². The first-order chi connectivity index (χ1) is 7.61. The predicted molar refractivity (Wildman–Crippen MR) is 68.1 cm³/mol. The van der Waals surface area contributed by atoms with E-state index in [1.165, 1.54) is 0 Å². The molecule has 3 amide bonds. The molecule has 0 saturated carbocycles. The molecule has 1 atom stereocenters. The van der Waals surface area contributed by atoms with Crippen molar-refractivity contribution in [3.8, 4) is 0 Å². The summed E-state index contributed by atoms with van der Waals surface area (Å²) in [6, 6.07) is -0.292. The summed E-state index contributed by atoms with van der Waals surface area (Å²) in [4.78, 5) is 24.5. The number of carbonyl (C=O) groups is 2. The summed E-state index contributed by atoms with van der Waals surface area (Å²) < 4.78 is 0. The summed E-state index contributed by atoms with van der Waals surface area (Å²) in [6.07, 6.45) is 2.02. The highest BCUT2D eigenvalue weighted by Crippen LogP contribution is 2.06. The van der Waals surface area contributed by atoms with Gasteiger partial charge in [0.2, 0.25) is 5.91 Å². The molecule has 1 aliphatic rings. The van der Waals surface area contributed by atoms with Crippen molar-refractivity contribution >= 4 is 24.3 Å². The van der Waals surface area contributed by atoms with E-state index >= 15 is 0 Å². The molecule has 0 aromatic heterocycles. The van der Waals surface area contributed by atoms with Gasteiger partial charge in [0.15, 0.2) is 0 Å². The molecule has 100 valence electrons. The third-order valence-corrected chi connectivity index (χ3v) is 2.50. The summed E-state index contributed by atoms with van der Waals surface area (Å²) in [6.45, 7) is 4.14. The molecule has 0 aromatic carbocycles. The Hall–Kier alpha value is -0.850. The van der Waals surface area contributed by atoms with Crippen LogP contribution in [0.25, 0.3) is 0 Å². The largest absolute Gasteiger partial charge is 0.338 e. The lowest BCUT2D eigenvalue weighted by Gasteiger charge is -2.29. The number of piperidine rings is 1. The third kappa shape index (κ3) is 6.45. The molecular formula is C10H21ClN4O2. The average molecular weight is 265 g/mol. The van der Waals surface area contributed by atoms with Crippen molar-refractivity contribution in [2.45, 2.75) is 25.8 Å². The molecule has 4 N–H and O–H groups in total. The van der Waals surface area contributed by atoms with Gasteiger partial charge < -0.3 is 11.1 Å². The first kappa shape index (κ1) is 16.1. The van der Waals surface area contributed by atoms with Crippen molar-refractivity contribution in [1.29, 1.82) is 0 Å². The van der Waals surface area contributed by atoms with Gasteiger partial charge in [-0.2, -0.15) is 0 Å². The summed E-state index contributed by atoms with van der Waals surface area (Å²) >= 11 is 0. The Morgan fingerprint density at radius 2 is 2.18 bits per heavy atom. The van der Waals surface area contributed by atoms with Crippen molar-refractivity contribution in [3.05, 3.63) is 0 Å². The first-order valence-electron chi connectivity index (χ1n) is 5.67. The van der Waals surface area contributed by atoms with Gasteiger partial charge in [-0.15, -0.1) is 12.4 Å². The van der Waals surface area contributed by atoms with Gasteiger partial charge in [-0.1, -0.05) is 0 Å². The Labute approximate surface area is 108 Å². The SMILES string of the molecule is CCNC(=O)NC(=O)CN1CCC[C@@H](N)C1.Cl. The van der Waals surface area contributed by atoms with Crippen molar-refractivity contribution in [2.24, 2.45) is 5.73 Å². The third-order valence-electron chi connectivity index (χ3n) is 2.50. The maximum atomic E-state index is 11.4. The van der Waals surface area contributed by atoms with Crippen molar-refractivity contribution in [3.63, 3.8) is 0 Å². The normalized spacial score (nSPS) is 20.2. The van der Waals surface area contributed by atoms with Crippen LogP contribution in [0.15, 0.2) is 0 Å². The molecule has 0 bridgehead atoms. The second-order valence-electron chi connectivity index (χ2n) is 4.05. The van der Waals surface area contributed by atoms with Gasteiger partial charge in [-0.05, 0) is 26.3 Å². The zero-order valence-corrected chi connectivity index (χ0v) is 10.9. The quantitative estimate of drug-likeness (QED) is 0.652. The lowest BCUT2D eigenvalue weighted by molar-refractivity contribution is -0.121. The van der Waals surface area contributed by atoms with E-state index in [9.17, 15) is 9.59 Å². The second kappa shape index (κ2) is 8.27. The van der Waals surface area contributed by atoms with Gasteiger partial charge in [0.05, 0.1) is 6.54 Å². The second-order valence-corrected chi connectivity index (χ2v) is 4.05. The molecule has 6 nitrogen and oxygen atoms in total. The monoisotopic (exact) mass is 264 g/mol. The fraction of sp³-hybridized carbons (Fsp3) is 0.800. The van der Waals surface area contributed by atoms with E-state index in [4.69, 9.17) is 5.73 Å². The summed E-state index contributed by atoms with van der Waals surface area (Å²) in [5.74, 6) is -0.278. The molecule has 0 aromatic rings. The molecule has 7 heteroatoms. The number of hydrogen-bond acceptors (Lipinski definition) is 4. The van der Waals surface area contributed by atoms with E-state index in [1.807, 2.05) is 4.90 Å². The number of likely N-dealkylation sites (tertiary alicyclic amines) is 1. The van der Waals surface area contributed by atoms with Gasteiger partial charge in [-0.3, -0.25) is 15.0 Å². The van der Waals surface area contributed by atoms with Gasteiger partial charge in [0.25, 0.3) is 0 Å². The zero-order chi connectivity index (χ0) is 12.0. The van der Waals surface area contributed by atoms with Gasteiger partial charge in [0.1, 0.15) is 0 Å². The molecule has 0 unspecified atom stereocenters. The zero-order valence-electron chi connectivity index (χ0n) is 10.1. The fourth-order valence-corrected chi connectivity index (χ4v) is 1.81. The van der Waals surface area contributed by atoms with E-state index in [0.29, 0.717) is 6.54 Å². The Kier molecular flexibility index (Phi) is 7.86. The lowest BCUT2D eigenvalue weighted by Crippen LogP contribution is -2.49. The predicted octanol–water partition coefficient (Wildman–Crippen LogP) is -0.323. The Balaban J connectivity index is 0.00000256. The number of urea groups is 1. The van der Waals surface area contributed by atoms with Crippen LogP contribution in [0.2, 0.25) is 0 Å². The molecule has 1 heterocycles. The van der Waals surface area contributed by atoms with Crippen molar-refractivity contribution in [2.75, 3.05) is 26.2 Å². The van der Waals surface area contributed by atoms with Gasteiger partial charge in [0, 0.05) is 19.1 Å². The van der Waals surface area contributed by atoms with E-state index in [1.54, 1.807) is 6.92 Å². The van der Waals surface area contributed by atoms with Crippen LogP contribution in [0.1, 0.15) is 19.8 Å². The first-order valence-corrected chi connectivity index (χ1v) is 5.67. The fourth-order valence-electron chi connectivity index (χ4n) is 1.81. The van der Waals surface area contributed by atoms with Crippen LogP contribution in [0.5, 0.6) is 0 Å². The van der Waals surface area contributed by atoms with Crippen LogP contribution in [0, 0.1) is 0 Å². The smallest absolute Gasteiger partial charge is 0.321 e. The van der Waals surface area contributed by atoms with Gasteiger partial charge in [-0.25, -0.2) is 4.79 Å². The standard InChI is InChI=1S/C10H20N4O2.ClH/c1-2-12-10(16)13-9(15)7-14-5-3-4-8(11)6-14;/h8H,2-7,11H2,1H3,(H2,12,13,15,16);1H/t8-;/m1./s1. The summed E-state index contributed by atoms with van der Waals surface area (Å²) in [5.41, 5.74) is 5.80. The molecule has 0 spiro atoms. The van der Waals surface area contributed by atoms with Crippen molar-refractivity contribution < 1.29 is 9.59 Å². The van der Waals surface area contributed by atoms with E-state index in [-0.39, 0.29) is 30.9 Å². The molecular weight excluding hydrogens is 244 g/mol. The maximum Gasteiger partial charge on any atom is 0.321 e. The number of rotatable bonds is 3. The highest BCUT2D eigenvalue weighted by molar-refractivity contribution is 5.95. The minimum Gasteiger partial charge on any atom is -0.338 e. The molecule has 17 heavy (non-hydrogen) atoms. The molecule has 1 rings (SSSR count). The number of nitrogens with one attached hydrogen (secondary N) is 2. The highest BCUT2D eigenvalue weighted by Gasteiger charge is 2.19. The molecule has 0 aliphatic carbocycles. The molecule has 1 aliphatic heterocycles. The van der Waals surface area contributed by atoms with Crippen molar-refractivity contribution in [1.82, 2.24) is 15.5 Å². The Morgan fingerprint density at radius 3 is 2.76 bits per heavy atom. The number of amides is 3. The number of nitrogens with zero attached hydrogens (tertiary/aromatic N) is 1. The average Bonchev–Trinajstić information content (AvgIpc) is 2.17. The van der Waals surface area contributed by atoms with E-state index in [2.05, 4.69) is 10.6 Å². The van der Waals surface area contributed by atoms with E-state index in [0.717, 1.165) is 25.9 Å². The van der Waals surface area contributed by atoms with Crippen LogP contribution < -0.4 is 16.4 Å². The number of nitrogens with two attached hydrogens (primary N) is 1. The molecule has 1 saturated heterocycles. The van der Waals surface area contributed by atoms with Crippen LogP contribution >= 0.6 is 12.4 Å². The molecule has 0 radical (unpaired) electrons. The van der Waals surface area contributed by atoms with Crippen LogP contribution in [0.3, 0.4) is 0 Å².